The second-order valence-corrected chi connectivity index (χ2v) is 12.8. The predicted octanol–water partition coefficient (Wildman–Crippen LogP) is 3.28. The first-order chi connectivity index (χ1) is 18.0. The summed E-state index contributed by atoms with van der Waals surface area (Å²) in [7, 11) is 0. The summed E-state index contributed by atoms with van der Waals surface area (Å²) in [5, 5.41) is 28.3. The molecule has 0 spiro atoms. The van der Waals surface area contributed by atoms with Crippen LogP contribution in [-0.4, -0.2) is 82.7 Å². The minimum atomic E-state index is -1.14. The number of carboxylic acid groups (broad SMARTS) is 1. The Bertz CT molecular complexity index is 1170. The first-order valence-corrected chi connectivity index (χ1v) is 13.3. The Morgan fingerprint density at radius 3 is 2.05 bits per heavy atom. The average molecular weight is 547 g/mol. The summed E-state index contributed by atoms with van der Waals surface area (Å²) in [6.45, 7) is 16.4. The van der Waals surface area contributed by atoms with Crippen LogP contribution in [0.2, 0.25) is 0 Å². The van der Waals surface area contributed by atoms with Gasteiger partial charge in [0.25, 0.3) is 5.91 Å². The van der Waals surface area contributed by atoms with Crippen molar-refractivity contribution in [3.8, 4) is 0 Å². The van der Waals surface area contributed by atoms with Gasteiger partial charge in [-0.2, -0.15) is 0 Å². The maximum absolute atomic E-state index is 13.2. The number of ether oxygens (including phenoxy) is 1. The minimum absolute atomic E-state index is 0.117. The summed E-state index contributed by atoms with van der Waals surface area (Å²) in [5.41, 5.74) is -1.30. The lowest BCUT2D eigenvalue weighted by atomic mass is 9.84. The lowest BCUT2D eigenvalue weighted by molar-refractivity contribution is 0.0164. The summed E-state index contributed by atoms with van der Waals surface area (Å²) in [6.07, 6.45) is 5.33. The first-order valence-electron chi connectivity index (χ1n) is 13.3. The van der Waals surface area contributed by atoms with Crippen molar-refractivity contribution in [2.24, 2.45) is 5.92 Å². The number of hydrogen-bond acceptors (Lipinski definition) is 8. The van der Waals surface area contributed by atoms with Crippen LogP contribution in [-0.2, 0) is 15.8 Å². The number of aromatic carboxylic acids is 1. The van der Waals surface area contributed by atoms with E-state index in [4.69, 9.17) is 4.74 Å². The summed E-state index contributed by atoms with van der Waals surface area (Å²) in [6, 6.07) is -0.209. The zero-order chi connectivity index (χ0) is 29.2. The van der Waals surface area contributed by atoms with E-state index in [9.17, 15) is 19.5 Å². The molecule has 0 aromatic carbocycles. The SMILES string of the molecule is CC(C)(C)OC(=O)N1CCC(C(CCC(C)(C)n2cc(C(=O)O)nn2)NC(=O)c2cn(C(C)(C)C)nn2)CC1. The number of amides is 2. The molecule has 2 aromatic rings. The van der Waals surface area contributed by atoms with E-state index in [0.717, 1.165) is 0 Å². The molecular weight excluding hydrogens is 504 g/mol. The molecule has 216 valence electrons. The zero-order valence-electron chi connectivity index (χ0n) is 24.3. The molecule has 0 aliphatic carbocycles. The summed E-state index contributed by atoms with van der Waals surface area (Å²) < 4.78 is 8.74. The number of piperidine rings is 1. The standard InChI is InChI=1S/C26H42N8O5/c1-24(2,3)33-15-19(28-30-33)21(35)27-18(9-12-26(7,8)34-16-20(22(36)37)29-31-34)17-10-13-32(14-11-17)23(38)39-25(4,5)6/h15-18H,9-14H2,1-8H3,(H,27,35)(H,36,37). The van der Waals surface area contributed by atoms with Crippen LogP contribution in [0.1, 0.15) is 102 Å². The molecular formula is C26H42N8O5. The van der Waals surface area contributed by atoms with Crippen LogP contribution in [0.5, 0.6) is 0 Å². The van der Waals surface area contributed by atoms with E-state index in [1.807, 2.05) is 55.4 Å². The van der Waals surface area contributed by atoms with Crippen molar-refractivity contribution in [2.45, 2.75) is 104 Å². The molecule has 3 heterocycles. The second-order valence-electron chi connectivity index (χ2n) is 12.8. The molecule has 0 radical (unpaired) electrons. The van der Waals surface area contributed by atoms with Crippen molar-refractivity contribution in [3.05, 3.63) is 23.8 Å². The molecule has 1 unspecified atom stereocenters. The van der Waals surface area contributed by atoms with Crippen molar-refractivity contribution in [1.29, 1.82) is 0 Å². The lowest BCUT2D eigenvalue weighted by Crippen LogP contribution is -2.48. The van der Waals surface area contributed by atoms with Crippen LogP contribution in [0.4, 0.5) is 4.79 Å². The van der Waals surface area contributed by atoms with Gasteiger partial charge in [-0.3, -0.25) is 4.79 Å². The number of carboxylic acids is 1. The van der Waals surface area contributed by atoms with Crippen LogP contribution >= 0.6 is 0 Å². The highest BCUT2D eigenvalue weighted by Crippen LogP contribution is 2.29. The number of nitrogens with zero attached hydrogens (tertiary/aromatic N) is 7. The van der Waals surface area contributed by atoms with E-state index in [1.165, 1.54) is 6.20 Å². The Hall–Kier alpha value is -3.51. The fourth-order valence-electron chi connectivity index (χ4n) is 4.46. The molecule has 1 saturated heterocycles. The van der Waals surface area contributed by atoms with Gasteiger partial charge in [-0.15, -0.1) is 10.2 Å². The Morgan fingerprint density at radius 2 is 1.54 bits per heavy atom. The monoisotopic (exact) mass is 546 g/mol. The van der Waals surface area contributed by atoms with Gasteiger partial charge in [0.1, 0.15) is 5.60 Å². The quantitative estimate of drug-likeness (QED) is 0.507. The molecule has 1 aliphatic rings. The van der Waals surface area contributed by atoms with Crippen molar-refractivity contribution in [3.63, 3.8) is 0 Å². The maximum Gasteiger partial charge on any atom is 0.410 e. The van der Waals surface area contributed by atoms with Gasteiger partial charge in [0, 0.05) is 19.1 Å². The normalized spacial score (nSPS) is 16.2. The summed E-state index contributed by atoms with van der Waals surface area (Å²) in [4.78, 5) is 38.8. The molecule has 1 aliphatic heterocycles. The topological polar surface area (TPSA) is 157 Å². The van der Waals surface area contributed by atoms with Gasteiger partial charge in [0.2, 0.25) is 0 Å². The van der Waals surface area contributed by atoms with Crippen LogP contribution in [0.15, 0.2) is 12.4 Å². The molecule has 13 nitrogen and oxygen atoms in total. The number of carbonyl (C=O) groups excluding carboxylic acids is 2. The van der Waals surface area contributed by atoms with Gasteiger partial charge in [-0.25, -0.2) is 19.0 Å². The van der Waals surface area contributed by atoms with Crippen LogP contribution < -0.4 is 5.32 Å². The third-order valence-corrected chi connectivity index (χ3v) is 6.89. The number of nitrogens with one attached hydrogen (secondary N) is 1. The van der Waals surface area contributed by atoms with Gasteiger partial charge in [-0.1, -0.05) is 10.4 Å². The van der Waals surface area contributed by atoms with Crippen LogP contribution in [0, 0.1) is 5.92 Å². The van der Waals surface area contributed by atoms with E-state index in [2.05, 4.69) is 25.9 Å². The molecule has 3 rings (SSSR count). The third-order valence-electron chi connectivity index (χ3n) is 6.89. The van der Waals surface area contributed by atoms with Gasteiger partial charge >= 0.3 is 12.1 Å². The first kappa shape index (κ1) is 30.0. The van der Waals surface area contributed by atoms with Crippen LogP contribution in [0.3, 0.4) is 0 Å². The molecule has 1 fully saturated rings. The highest BCUT2D eigenvalue weighted by Gasteiger charge is 2.34. The van der Waals surface area contributed by atoms with Crippen molar-refractivity contribution in [2.75, 3.05) is 13.1 Å². The number of likely N-dealkylation sites (tertiary alicyclic amines) is 1. The molecule has 2 aromatic heterocycles. The van der Waals surface area contributed by atoms with Gasteiger partial charge < -0.3 is 20.1 Å². The second kappa shape index (κ2) is 11.3. The third kappa shape index (κ3) is 7.99. The van der Waals surface area contributed by atoms with Crippen molar-refractivity contribution >= 4 is 18.0 Å². The maximum atomic E-state index is 13.2. The fourth-order valence-corrected chi connectivity index (χ4v) is 4.46. The van der Waals surface area contributed by atoms with Gasteiger partial charge in [0.05, 0.1) is 23.5 Å². The molecule has 39 heavy (non-hydrogen) atoms. The number of rotatable bonds is 8. The van der Waals surface area contributed by atoms with Gasteiger partial charge in [-0.05, 0) is 87.0 Å². The summed E-state index contributed by atoms with van der Waals surface area (Å²) >= 11 is 0. The molecule has 2 amide bonds. The predicted molar refractivity (Wildman–Crippen MR) is 142 cm³/mol. The Balaban J connectivity index is 1.74. The van der Waals surface area contributed by atoms with Crippen molar-refractivity contribution in [1.82, 2.24) is 40.2 Å². The highest BCUT2D eigenvalue weighted by molar-refractivity contribution is 5.92. The molecule has 1 atom stereocenters. The molecule has 0 saturated carbocycles. The Labute approximate surface area is 229 Å². The molecule has 0 bridgehead atoms. The van der Waals surface area contributed by atoms with E-state index in [1.54, 1.807) is 20.5 Å². The zero-order valence-corrected chi connectivity index (χ0v) is 24.3. The number of aromatic nitrogens is 6. The molecule has 2 N–H and O–H groups in total. The summed E-state index contributed by atoms with van der Waals surface area (Å²) in [5.74, 6) is -1.33. The van der Waals surface area contributed by atoms with E-state index < -0.39 is 17.1 Å². The lowest BCUT2D eigenvalue weighted by Gasteiger charge is -2.38. The largest absolute Gasteiger partial charge is 0.476 e. The highest BCUT2D eigenvalue weighted by atomic mass is 16.6. The molecule has 13 heteroatoms. The van der Waals surface area contributed by atoms with Crippen LogP contribution in [0.25, 0.3) is 0 Å². The average Bonchev–Trinajstić information content (AvgIpc) is 3.51. The van der Waals surface area contributed by atoms with E-state index in [-0.39, 0.29) is 40.9 Å². The van der Waals surface area contributed by atoms with E-state index >= 15 is 0 Å². The Morgan fingerprint density at radius 1 is 0.974 bits per heavy atom. The Kier molecular flexibility index (Phi) is 8.71. The van der Waals surface area contributed by atoms with Crippen molar-refractivity contribution < 1.29 is 24.2 Å². The number of hydrogen-bond donors (Lipinski definition) is 2. The minimum Gasteiger partial charge on any atom is -0.476 e. The fraction of sp³-hybridized carbons (Fsp3) is 0.731. The smallest absolute Gasteiger partial charge is 0.410 e. The van der Waals surface area contributed by atoms with E-state index in [0.29, 0.717) is 38.8 Å². The number of carbonyl (C=O) groups is 3. The van der Waals surface area contributed by atoms with Gasteiger partial charge in [0.15, 0.2) is 11.4 Å².